The van der Waals surface area contributed by atoms with Crippen LogP contribution in [0.5, 0.6) is 5.75 Å². The Morgan fingerprint density at radius 2 is 1.84 bits per heavy atom. The van der Waals surface area contributed by atoms with Gasteiger partial charge in [-0.25, -0.2) is 13.1 Å². The van der Waals surface area contributed by atoms with Crippen molar-refractivity contribution in [3.8, 4) is 5.75 Å². The number of benzene rings is 2. The number of nitrogens with one attached hydrogen (secondary N) is 2. The van der Waals surface area contributed by atoms with Gasteiger partial charge in [-0.3, -0.25) is 4.79 Å². The highest BCUT2D eigenvalue weighted by molar-refractivity contribution is 9.10. The summed E-state index contributed by atoms with van der Waals surface area (Å²) in [6.07, 6.45) is 0.0235. The first-order valence-corrected chi connectivity index (χ1v) is 9.79. The maximum Gasteiger partial charge on any atom is 0.240 e. The lowest BCUT2D eigenvalue weighted by molar-refractivity contribution is -0.116. The monoisotopic (exact) mass is 426 g/mol. The zero-order valence-corrected chi connectivity index (χ0v) is 16.3. The molecule has 2 N–H and O–H groups in total. The third kappa shape index (κ3) is 5.55. The highest BCUT2D eigenvalue weighted by atomic mass is 79.9. The highest BCUT2D eigenvalue weighted by Gasteiger charge is 2.14. The number of rotatable bonds is 7. The minimum absolute atomic E-state index is 0.00365. The van der Waals surface area contributed by atoms with Crippen molar-refractivity contribution in [2.45, 2.75) is 18.2 Å². The van der Waals surface area contributed by atoms with Gasteiger partial charge in [0.1, 0.15) is 5.75 Å². The van der Waals surface area contributed by atoms with Gasteiger partial charge in [0.05, 0.1) is 17.7 Å². The quantitative estimate of drug-likeness (QED) is 0.712. The summed E-state index contributed by atoms with van der Waals surface area (Å²) in [6, 6.07) is 11.6. The number of aryl methyl sites for hydroxylation is 1. The van der Waals surface area contributed by atoms with Gasteiger partial charge in [0.25, 0.3) is 0 Å². The zero-order chi connectivity index (χ0) is 18.4. The summed E-state index contributed by atoms with van der Waals surface area (Å²) in [5.41, 5.74) is 1.71. The van der Waals surface area contributed by atoms with Crippen molar-refractivity contribution in [1.82, 2.24) is 4.72 Å². The fourth-order valence-corrected chi connectivity index (χ4v) is 3.70. The van der Waals surface area contributed by atoms with E-state index >= 15 is 0 Å². The van der Waals surface area contributed by atoms with E-state index in [2.05, 4.69) is 26.0 Å². The molecule has 0 unspecified atom stereocenters. The Balaban J connectivity index is 1.89. The smallest absolute Gasteiger partial charge is 0.240 e. The van der Waals surface area contributed by atoms with Crippen LogP contribution in [0.1, 0.15) is 12.0 Å². The van der Waals surface area contributed by atoms with E-state index in [-0.39, 0.29) is 23.8 Å². The van der Waals surface area contributed by atoms with Gasteiger partial charge in [-0.05, 0) is 64.8 Å². The zero-order valence-electron chi connectivity index (χ0n) is 13.9. The van der Waals surface area contributed by atoms with Crippen molar-refractivity contribution in [2.24, 2.45) is 0 Å². The molecule has 0 bridgehead atoms. The number of ether oxygens (including phenoxy) is 1. The van der Waals surface area contributed by atoms with Gasteiger partial charge in [0, 0.05) is 17.4 Å². The normalized spacial score (nSPS) is 11.2. The Bertz CT molecular complexity index is 851. The van der Waals surface area contributed by atoms with Crippen molar-refractivity contribution in [2.75, 3.05) is 19.0 Å². The number of carbonyl (C=O) groups is 1. The summed E-state index contributed by atoms with van der Waals surface area (Å²) in [6.45, 7) is 1.95. The maximum absolute atomic E-state index is 12.2. The molecule has 0 aliphatic rings. The highest BCUT2D eigenvalue weighted by Crippen LogP contribution is 2.23. The molecule has 134 valence electrons. The van der Waals surface area contributed by atoms with Gasteiger partial charge in [-0.15, -0.1) is 0 Å². The van der Waals surface area contributed by atoms with Crippen LogP contribution in [0.15, 0.2) is 51.8 Å². The molecule has 0 fully saturated rings. The average Bonchev–Trinajstić information content (AvgIpc) is 2.57. The second-order valence-electron chi connectivity index (χ2n) is 5.35. The summed E-state index contributed by atoms with van der Waals surface area (Å²) < 4.78 is 32.5. The van der Waals surface area contributed by atoms with Gasteiger partial charge < -0.3 is 10.1 Å². The Hall–Kier alpha value is -1.90. The van der Waals surface area contributed by atoms with Crippen molar-refractivity contribution >= 4 is 37.5 Å². The minimum Gasteiger partial charge on any atom is -0.497 e. The summed E-state index contributed by atoms with van der Waals surface area (Å²) in [4.78, 5) is 12.1. The maximum atomic E-state index is 12.2. The fraction of sp³-hybridized carbons (Fsp3) is 0.235. The van der Waals surface area contributed by atoms with E-state index in [9.17, 15) is 13.2 Å². The van der Waals surface area contributed by atoms with Crippen LogP contribution in [0, 0.1) is 6.92 Å². The molecule has 0 heterocycles. The molecule has 0 aromatic heterocycles. The van der Waals surface area contributed by atoms with Crippen LogP contribution >= 0.6 is 15.9 Å². The number of anilines is 1. The van der Waals surface area contributed by atoms with Gasteiger partial charge in [0.2, 0.25) is 15.9 Å². The predicted molar refractivity (Wildman–Crippen MR) is 100 cm³/mol. The topological polar surface area (TPSA) is 84.5 Å². The van der Waals surface area contributed by atoms with E-state index in [0.717, 1.165) is 10.0 Å². The molecule has 2 aromatic carbocycles. The molecule has 0 aliphatic heterocycles. The Morgan fingerprint density at radius 1 is 1.16 bits per heavy atom. The molecule has 8 heteroatoms. The number of hydrogen-bond donors (Lipinski definition) is 2. The Labute approximate surface area is 155 Å². The van der Waals surface area contributed by atoms with E-state index in [0.29, 0.717) is 11.4 Å². The van der Waals surface area contributed by atoms with Gasteiger partial charge >= 0.3 is 0 Å². The first-order chi connectivity index (χ1) is 11.8. The lowest BCUT2D eigenvalue weighted by Gasteiger charge is -2.09. The van der Waals surface area contributed by atoms with Crippen molar-refractivity contribution < 1.29 is 17.9 Å². The summed E-state index contributed by atoms with van der Waals surface area (Å²) in [5, 5.41) is 2.74. The molecule has 0 atom stereocenters. The van der Waals surface area contributed by atoms with Crippen molar-refractivity contribution in [3.63, 3.8) is 0 Å². The average molecular weight is 427 g/mol. The second kappa shape index (κ2) is 8.46. The summed E-state index contributed by atoms with van der Waals surface area (Å²) in [5.74, 6) is 0.295. The van der Waals surface area contributed by atoms with Crippen molar-refractivity contribution in [3.05, 3.63) is 52.5 Å². The third-order valence-corrected chi connectivity index (χ3v) is 5.55. The molecule has 2 aromatic rings. The van der Waals surface area contributed by atoms with Crippen LogP contribution in [-0.2, 0) is 14.8 Å². The third-order valence-electron chi connectivity index (χ3n) is 3.41. The lowest BCUT2D eigenvalue weighted by Crippen LogP contribution is -2.27. The molecular weight excluding hydrogens is 408 g/mol. The number of carbonyl (C=O) groups excluding carboxylic acids is 1. The second-order valence-corrected chi connectivity index (χ2v) is 7.98. The molecule has 0 aliphatic carbocycles. The number of halogens is 1. The molecule has 1 amide bonds. The van der Waals surface area contributed by atoms with Crippen LogP contribution in [0.4, 0.5) is 5.69 Å². The predicted octanol–water partition coefficient (Wildman–Crippen LogP) is 3.07. The van der Waals surface area contributed by atoms with E-state index in [4.69, 9.17) is 4.74 Å². The van der Waals surface area contributed by atoms with Crippen LogP contribution < -0.4 is 14.8 Å². The molecule has 6 nitrogen and oxygen atoms in total. The standard InChI is InChI=1S/C17H19BrN2O4S/c1-12-3-8-16(15(18)11-12)20-17(21)9-10-19-25(22,23)14-6-4-13(24-2)5-7-14/h3-8,11,19H,9-10H2,1-2H3,(H,20,21). The van der Waals surface area contributed by atoms with Gasteiger partial charge in [-0.2, -0.15) is 0 Å². The molecule has 2 rings (SSSR count). The SMILES string of the molecule is COc1ccc(S(=O)(=O)NCCC(=O)Nc2ccc(C)cc2Br)cc1. The van der Waals surface area contributed by atoms with Gasteiger partial charge in [0.15, 0.2) is 0 Å². The summed E-state index contributed by atoms with van der Waals surface area (Å²) in [7, 11) is -2.16. The number of amides is 1. The van der Waals surface area contributed by atoms with E-state index < -0.39 is 10.0 Å². The Kier molecular flexibility index (Phi) is 6.57. The number of methoxy groups -OCH3 is 1. The molecule has 0 spiro atoms. The van der Waals surface area contributed by atoms with Crippen LogP contribution in [0.3, 0.4) is 0 Å². The number of sulfonamides is 1. The van der Waals surface area contributed by atoms with Crippen LogP contribution in [-0.4, -0.2) is 28.0 Å². The molecule has 0 saturated carbocycles. The molecule has 25 heavy (non-hydrogen) atoms. The van der Waals surface area contributed by atoms with Gasteiger partial charge in [-0.1, -0.05) is 6.07 Å². The summed E-state index contributed by atoms with van der Waals surface area (Å²) >= 11 is 3.38. The van der Waals surface area contributed by atoms with Crippen LogP contribution in [0.25, 0.3) is 0 Å². The van der Waals surface area contributed by atoms with Crippen LogP contribution in [0.2, 0.25) is 0 Å². The molecular formula is C17H19BrN2O4S. The van der Waals surface area contributed by atoms with E-state index in [1.807, 2.05) is 19.1 Å². The molecule has 0 saturated heterocycles. The fourth-order valence-electron chi connectivity index (χ4n) is 2.07. The van der Waals surface area contributed by atoms with Crippen molar-refractivity contribution in [1.29, 1.82) is 0 Å². The lowest BCUT2D eigenvalue weighted by atomic mass is 10.2. The Morgan fingerprint density at radius 3 is 2.44 bits per heavy atom. The van der Waals surface area contributed by atoms with E-state index in [1.165, 1.54) is 19.2 Å². The first kappa shape index (κ1) is 19.4. The first-order valence-electron chi connectivity index (χ1n) is 7.51. The number of hydrogen-bond acceptors (Lipinski definition) is 4. The molecule has 0 radical (unpaired) electrons. The van der Waals surface area contributed by atoms with E-state index in [1.54, 1.807) is 18.2 Å². The minimum atomic E-state index is -3.66. The largest absolute Gasteiger partial charge is 0.497 e.